The fourth-order valence-corrected chi connectivity index (χ4v) is 3.53. The minimum absolute atomic E-state index is 0.176. The predicted molar refractivity (Wildman–Crippen MR) is 81.8 cm³/mol. The molecule has 2 aromatic rings. The Morgan fingerprint density at radius 3 is 3.19 bits per heavy atom. The number of carboxylic acid groups (broad SMARTS) is 1. The van der Waals surface area contributed by atoms with Crippen LogP contribution in [-0.2, 0) is 4.79 Å². The van der Waals surface area contributed by atoms with E-state index in [1.807, 2.05) is 16.0 Å². The molecule has 2 unspecified atom stereocenters. The zero-order valence-corrected chi connectivity index (χ0v) is 12.7. The van der Waals surface area contributed by atoms with Crippen LogP contribution in [0.25, 0.3) is 11.0 Å². The van der Waals surface area contributed by atoms with Crippen molar-refractivity contribution in [2.75, 3.05) is 0 Å². The van der Waals surface area contributed by atoms with Crippen LogP contribution in [-0.4, -0.2) is 26.6 Å². The Morgan fingerprint density at radius 2 is 2.43 bits per heavy atom. The molecule has 0 bridgehead atoms. The third kappa shape index (κ3) is 3.10. The van der Waals surface area contributed by atoms with Gasteiger partial charge < -0.3 is 9.84 Å². The molecule has 112 valence electrons. The lowest BCUT2D eigenvalue weighted by Gasteiger charge is -2.26. The number of hydrogen-bond acceptors (Lipinski definition) is 4. The lowest BCUT2D eigenvalue weighted by atomic mass is 9.89. The fourth-order valence-electron chi connectivity index (χ4n) is 2.82. The van der Waals surface area contributed by atoms with E-state index in [9.17, 15) is 4.79 Å². The maximum Gasteiger partial charge on any atom is 0.328 e. The topological polar surface area (TPSA) is 63.8 Å². The van der Waals surface area contributed by atoms with E-state index in [0.717, 1.165) is 23.9 Å². The second-order valence-corrected chi connectivity index (χ2v) is 6.41. The first kappa shape index (κ1) is 14.1. The van der Waals surface area contributed by atoms with Gasteiger partial charge in [-0.15, -0.1) is 11.3 Å². The molecule has 0 spiro atoms. The number of carbonyl (C=O) groups is 1. The number of thiazole rings is 1. The highest BCUT2D eigenvalue weighted by Crippen LogP contribution is 2.30. The summed E-state index contributed by atoms with van der Waals surface area (Å²) in [7, 11) is 0. The highest BCUT2D eigenvalue weighted by Gasteiger charge is 2.23. The van der Waals surface area contributed by atoms with Gasteiger partial charge in [0.2, 0.25) is 5.88 Å². The highest BCUT2D eigenvalue weighted by molar-refractivity contribution is 7.15. The quantitative estimate of drug-likeness (QED) is 0.879. The SMILES string of the molecule is CC1CCCC(Oc2nc3sccn3c2C=CC(=O)O)C1. The van der Waals surface area contributed by atoms with Gasteiger partial charge >= 0.3 is 5.97 Å². The van der Waals surface area contributed by atoms with Crippen molar-refractivity contribution >= 4 is 28.3 Å². The molecule has 0 saturated heterocycles. The number of aliphatic carboxylic acids is 1. The second kappa shape index (κ2) is 5.89. The molecule has 1 fully saturated rings. The van der Waals surface area contributed by atoms with Crippen LogP contribution in [0.15, 0.2) is 17.7 Å². The van der Waals surface area contributed by atoms with Crippen LogP contribution < -0.4 is 4.74 Å². The van der Waals surface area contributed by atoms with Crippen LogP contribution in [0.3, 0.4) is 0 Å². The van der Waals surface area contributed by atoms with Crippen LogP contribution in [0.4, 0.5) is 0 Å². The van der Waals surface area contributed by atoms with Crippen molar-refractivity contribution in [2.24, 2.45) is 5.92 Å². The van der Waals surface area contributed by atoms with Crippen LogP contribution in [0.2, 0.25) is 0 Å². The van der Waals surface area contributed by atoms with E-state index >= 15 is 0 Å². The number of ether oxygens (including phenoxy) is 1. The summed E-state index contributed by atoms with van der Waals surface area (Å²) < 4.78 is 7.93. The fraction of sp³-hybridized carbons (Fsp3) is 0.467. The van der Waals surface area contributed by atoms with Gasteiger partial charge in [-0.3, -0.25) is 4.40 Å². The Kier molecular flexibility index (Phi) is 3.96. The number of nitrogens with zero attached hydrogens (tertiary/aromatic N) is 2. The molecule has 1 aliphatic rings. The average Bonchev–Trinajstić information content (AvgIpc) is 2.97. The lowest BCUT2D eigenvalue weighted by Crippen LogP contribution is -2.24. The number of hydrogen-bond donors (Lipinski definition) is 1. The third-order valence-electron chi connectivity index (χ3n) is 3.82. The zero-order chi connectivity index (χ0) is 14.8. The normalized spacial score (nSPS) is 22.9. The van der Waals surface area contributed by atoms with Gasteiger partial charge in [0.25, 0.3) is 0 Å². The maximum absolute atomic E-state index is 10.8. The highest BCUT2D eigenvalue weighted by atomic mass is 32.1. The van der Waals surface area contributed by atoms with Crippen molar-refractivity contribution in [2.45, 2.75) is 38.7 Å². The third-order valence-corrected chi connectivity index (χ3v) is 4.57. The van der Waals surface area contributed by atoms with Crippen molar-refractivity contribution in [3.63, 3.8) is 0 Å². The molecule has 6 heteroatoms. The van der Waals surface area contributed by atoms with E-state index in [1.54, 1.807) is 6.08 Å². The Balaban J connectivity index is 1.88. The Bertz CT molecular complexity index is 674. The number of aromatic nitrogens is 2. The first-order valence-electron chi connectivity index (χ1n) is 7.16. The van der Waals surface area contributed by atoms with Gasteiger partial charge in [0.15, 0.2) is 4.96 Å². The summed E-state index contributed by atoms with van der Waals surface area (Å²) in [6, 6.07) is 0. The molecule has 5 nitrogen and oxygen atoms in total. The molecule has 1 aliphatic carbocycles. The van der Waals surface area contributed by atoms with E-state index in [-0.39, 0.29) is 6.10 Å². The van der Waals surface area contributed by atoms with Gasteiger partial charge in [-0.1, -0.05) is 13.3 Å². The van der Waals surface area contributed by atoms with E-state index in [4.69, 9.17) is 9.84 Å². The summed E-state index contributed by atoms with van der Waals surface area (Å²) >= 11 is 1.51. The largest absolute Gasteiger partial charge is 0.478 e. The Morgan fingerprint density at radius 1 is 1.57 bits per heavy atom. The molecule has 2 atom stereocenters. The molecule has 0 amide bonds. The van der Waals surface area contributed by atoms with Gasteiger partial charge in [0.1, 0.15) is 11.8 Å². The molecule has 2 heterocycles. The van der Waals surface area contributed by atoms with Crippen LogP contribution in [0.1, 0.15) is 38.3 Å². The number of rotatable bonds is 4. The monoisotopic (exact) mass is 306 g/mol. The Hall–Kier alpha value is -1.82. The van der Waals surface area contributed by atoms with Crippen LogP contribution in [0.5, 0.6) is 5.88 Å². The summed E-state index contributed by atoms with van der Waals surface area (Å²) in [5.41, 5.74) is 0.701. The summed E-state index contributed by atoms with van der Waals surface area (Å²) in [5, 5.41) is 10.8. The van der Waals surface area contributed by atoms with Crippen molar-refractivity contribution in [3.05, 3.63) is 23.3 Å². The predicted octanol–water partition coefficient (Wildman–Crippen LogP) is 3.45. The standard InChI is InChI=1S/C15H18N2O3S/c1-10-3-2-4-11(9-10)20-14-12(5-6-13(18)19)17-7-8-21-15(17)16-14/h5-8,10-11H,2-4,9H2,1H3,(H,18,19). The summed E-state index contributed by atoms with van der Waals surface area (Å²) in [5.74, 6) is 0.237. The van der Waals surface area contributed by atoms with Crippen LogP contribution >= 0.6 is 11.3 Å². The number of imidazole rings is 1. The molecule has 0 aromatic carbocycles. The second-order valence-electron chi connectivity index (χ2n) is 5.54. The molecular weight excluding hydrogens is 288 g/mol. The number of carboxylic acids is 1. The van der Waals surface area contributed by atoms with Gasteiger partial charge in [0, 0.05) is 17.7 Å². The molecular formula is C15H18N2O3S. The molecule has 3 rings (SSSR count). The van der Waals surface area contributed by atoms with E-state index in [2.05, 4.69) is 11.9 Å². The summed E-state index contributed by atoms with van der Waals surface area (Å²) in [6.45, 7) is 2.24. The lowest BCUT2D eigenvalue weighted by molar-refractivity contribution is -0.131. The van der Waals surface area contributed by atoms with Gasteiger partial charge in [0.05, 0.1) is 0 Å². The van der Waals surface area contributed by atoms with E-state index < -0.39 is 5.97 Å². The summed E-state index contributed by atoms with van der Waals surface area (Å²) in [6.07, 6.45) is 9.23. The molecule has 2 aromatic heterocycles. The van der Waals surface area contributed by atoms with E-state index in [0.29, 0.717) is 17.5 Å². The molecule has 21 heavy (non-hydrogen) atoms. The summed E-state index contributed by atoms with van der Waals surface area (Å²) in [4.78, 5) is 16.1. The molecule has 1 saturated carbocycles. The molecule has 0 aliphatic heterocycles. The minimum atomic E-state index is -0.975. The maximum atomic E-state index is 10.8. The average molecular weight is 306 g/mol. The van der Waals surface area contributed by atoms with Crippen molar-refractivity contribution in [3.8, 4) is 5.88 Å². The van der Waals surface area contributed by atoms with Crippen molar-refractivity contribution in [1.29, 1.82) is 0 Å². The van der Waals surface area contributed by atoms with Gasteiger partial charge in [-0.2, -0.15) is 4.98 Å². The zero-order valence-electron chi connectivity index (χ0n) is 11.9. The van der Waals surface area contributed by atoms with Crippen LogP contribution in [0, 0.1) is 5.92 Å². The molecule has 1 N–H and O–H groups in total. The molecule has 0 radical (unpaired) electrons. The first-order chi connectivity index (χ1) is 10.1. The van der Waals surface area contributed by atoms with Crippen molar-refractivity contribution < 1.29 is 14.6 Å². The van der Waals surface area contributed by atoms with Gasteiger partial charge in [-0.25, -0.2) is 4.79 Å². The smallest absolute Gasteiger partial charge is 0.328 e. The minimum Gasteiger partial charge on any atom is -0.478 e. The number of fused-ring (bicyclic) bond motifs is 1. The Labute approximate surface area is 126 Å². The first-order valence-corrected chi connectivity index (χ1v) is 8.04. The van der Waals surface area contributed by atoms with E-state index in [1.165, 1.54) is 24.2 Å². The van der Waals surface area contributed by atoms with Gasteiger partial charge in [-0.05, 0) is 31.3 Å². The van der Waals surface area contributed by atoms with Crippen molar-refractivity contribution in [1.82, 2.24) is 9.38 Å².